The van der Waals surface area contributed by atoms with Gasteiger partial charge in [-0.25, -0.2) is 4.79 Å². The van der Waals surface area contributed by atoms with Crippen molar-refractivity contribution in [2.75, 3.05) is 0 Å². The average Bonchev–Trinajstić information content (AvgIpc) is 1.99. The van der Waals surface area contributed by atoms with Crippen molar-refractivity contribution in [2.45, 2.75) is 13.8 Å². The zero-order valence-electron chi connectivity index (χ0n) is 8.03. The van der Waals surface area contributed by atoms with E-state index in [-0.39, 0.29) is 0 Å². The molecule has 0 aliphatic rings. The third-order valence-electron chi connectivity index (χ3n) is 1.79. The van der Waals surface area contributed by atoms with Gasteiger partial charge in [0.15, 0.2) is 17.3 Å². The summed E-state index contributed by atoms with van der Waals surface area (Å²) in [5, 5.41) is 18.5. The summed E-state index contributed by atoms with van der Waals surface area (Å²) in [7, 11) is 0. The zero-order valence-corrected chi connectivity index (χ0v) is 8.03. The summed E-state index contributed by atoms with van der Waals surface area (Å²) in [6.45, 7) is 2.09. The van der Waals surface area contributed by atoms with Crippen LogP contribution < -0.4 is 5.63 Å². The van der Waals surface area contributed by atoms with Gasteiger partial charge in [0, 0.05) is 0 Å². The van der Waals surface area contributed by atoms with Crippen LogP contribution in [0, 0.1) is 0 Å². The molecule has 1 aromatic heterocycles. The van der Waals surface area contributed by atoms with E-state index in [2.05, 4.69) is 4.42 Å². The fraction of sp³-hybridized carbons (Fsp3) is 0.222. The number of aromatic hydroxyl groups is 2. The highest BCUT2D eigenvalue weighted by molar-refractivity contribution is 6.04. The molecule has 0 aliphatic carbocycles. The molecule has 0 bridgehead atoms. The van der Waals surface area contributed by atoms with Crippen LogP contribution in [0.25, 0.3) is 0 Å². The van der Waals surface area contributed by atoms with Crippen LogP contribution in [0.4, 0.5) is 0 Å². The molecule has 0 radical (unpaired) electrons. The van der Waals surface area contributed by atoms with Gasteiger partial charge in [0.05, 0.1) is 0 Å². The van der Waals surface area contributed by atoms with Crippen molar-refractivity contribution in [2.24, 2.45) is 0 Å². The second-order valence-electron chi connectivity index (χ2n) is 2.91. The fourth-order valence-corrected chi connectivity index (χ4v) is 1.14. The Bertz CT molecular complexity index is 496. The molecule has 6 nitrogen and oxygen atoms in total. The van der Waals surface area contributed by atoms with Gasteiger partial charge >= 0.3 is 5.63 Å². The summed E-state index contributed by atoms with van der Waals surface area (Å²) in [6.07, 6.45) is 0. The minimum absolute atomic E-state index is 0.570. The molecule has 6 heteroatoms. The Labute approximate surface area is 83.8 Å². The predicted octanol–water partition coefficient (Wildman–Crippen LogP) is 0.456. The van der Waals surface area contributed by atoms with Crippen LogP contribution in [0.15, 0.2) is 9.21 Å². The summed E-state index contributed by atoms with van der Waals surface area (Å²) < 4.78 is 4.24. The number of hydrogen-bond acceptors (Lipinski definition) is 6. The molecule has 0 aromatic carbocycles. The standard InChI is InChI=1S/C9H8O6/c1-3(10)5-7(12)6(4(2)11)9(14)15-8(5)13/h12-13H,1-2H3. The van der Waals surface area contributed by atoms with Crippen LogP contribution in [0.3, 0.4) is 0 Å². The van der Waals surface area contributed by atoms with Gasteiger partial charge in [0.2, 0.25) is 0 Å². The Morgan fingerprint density at radius 1 is 1.07 bits per heavy atom. The number of hydrogen-bond donors (Lipinski definition) is 2. The van der Waals surface area contributed by atoms with Gasteiger partial charge in [-0.1, -0.05) is 0 Å². The number of carbonyl (C=O) groups excluding carboxylic acids is 2. The molecule has 1 aromatic rings. The van der Waals surface area contributed by atoms with Crippen molar-refractivity contribution in [3.63, 3.8) is 0 Å². The molecular formula is C9H8O6. The van der Waals surface area contributed by atoms with Gasteiger partial charge in [-0.3, -0.25) is 9.59 Å². The Balaban J connectivity index is 3.72. The molecular weight excluding hydrogens is 204 g/mol. The molecule has 0 atom stereocenters. The third kappa shape index (κ3) is 1.74. The van der Waals surface area contributed by atoms with E-state index in [1.165, 1.54) is 0 Å². The lowest BCUT2D eigenvalue weighted by atomic mass is 10.1. The summed E-state index contributed by atoms with van der Waals surface area (Å²) in [5.41, 5.74) is -2.39. The van der Waals surface area contributed by atoms with Crippen molar-refractivity contribution in [3.05, 3.63) is 21.5 Å². The van der Waals surface area contributed by atoms with Crippen LogP contribution in [0.2, 0.25) is 0 Å². The maximum Gasteiger partial charge on any atom is 0.353 e. The van der Waals surface area contributed by atoms with Crippen molar-refractivity contribution in [1.82, 2.24) is 0 Å². The molecule has 15 heavy (non-hydrogen) atoms. The predicted molar refractivity (Wildman–Crippen MR) is 48.3 cm³/mol. The first-order valence-corrected chi connectivity index (χ1v) is 3.97. The lowest BCUT2D eigenvalue weighted by Crippen LogP contribution is -2.14. The Kier molecular flexibility index (Phi) is 2.61. The molecule has 1 rings (SSSR count). The van der Waals surface area contributed by atoms with Crippen LogP contribution in [0.5, 0.6) is 11.7 Å². The van der Waals surface area contributed by atoms with Gasteiger partial charge in [0.25, 0.3) is 5.95 Å². The number of rotatable bonds is 2. The molecule has 1 heterocycles. The molecule has 2 N–H and O–H groups in total. The second-order valence-corrected chi connectivity index (χ2v) is 2.91. The van der Waals surface area contributed by atoms with E-state index in [4.69, 9.17) is 5.11 Å². The highest BCUT2D eigenvalue weighted by Gasteiger charge is 2.24. The van der Waals surface area contributed by atoms with Crippen LogP contribution in [-0.4, -0.2) is 21.8 Å². The summed E-state index contributed by atoms with van der Waals surface area (Å²) in [5.74, 6) is -3.29. The maximum absolute atomic E-state index is 11.1. The number of Topliss-reactive ketones (excluding diaryl/α,β-unsaturated/α-hetero) is 2. The lowest BCUT2D eigenvalue weighted by molar-refractivity contribution is 0.0997. The fourth-order valence-electron chi connectivity index (χ4n) is 1.14. The Hall–Kier alpha value is -2.11. The van der Waals surface area contributed by atoms with Gasteiger partial charge in [-0.15, -0.1) is 0 Å². The van der Waals surface area contributed by atoms with E-state index >= 15 is 0 Å². The van der Waals surface area contributed by atoms with E-state index in [9.17, 15) is 19.5 Å². The van der Waals surface area contributed by atoms with Crippen molar-refractivity contribution in [1.29, 1.82) is 0 Å². The molecule has 0 spiro atoms. The van der Waals surface area contributed by atoms with E-state index in [0.717, 1.165) is 13.8 Å². The van der Waals surface area contributed by atoms with E-state index in [0.29, 0.717) is 0 Å². The van der Waals surface area contributed by atoms with Crippen molar-refractivity contribution in [3.8, 4) is 11.7 Å². The minimum atomic E-state index is -1.18. The number of ketones is 2. The summed E-state index contributed by atoms with van der Waals surface area (Å²) >= 11 is 0. The average molecular weight is 212 g/mol. The number of carbonyl (C=O) groups is 2. The molecule has 80 valence electrons. The summed E-state index contributed by atoms with van der Waals surface area (Å²) in [4.78, 5) is 33.0. The zero-order chi connectivity index (χ0) is 11.7. The van der Waals surface area contributed by atoms with Gasteiger partial charge in [0.1, 0.15) is 11.1 Å². The topological polar surface area (TPSA) is 105 Å². The van der Waals surface area contributed by atoms with Gasteiger partial charge < -0.3 is 14.6 Å². The SMILES string of the molecule is CC(=O)c1c(O)oc(=O)c(C(C)=O)c1O. The van der Waals surface area contributed by atoms with Crippen LogP contribution in [0.1, 0.15) is 34.6 Å². The first-order valence-electron chi connectivity index (χ1n) is 3.97. The highest BCUT2D eigenvalue weighted by atomic mass is 16.5. The molecule has 0 unspecified atom stereocenters. The molecule has 0 amide bonds. The Morgan fingerprint density at radius 3 is 1.93 bits per heavy atom. The van der Waals surface area contributed by atoms with E-state index < -0.39 is 40.0 Å². The lowest BCUT2D eigenvalue weighted by Gasteiger charge is -2.04. The largest absolute Gasteiger partial charge is 0.506 e. The first-order chi connectivity index (χ1) is 6.86. The molecule has 0 fully saturated rings. The normalized spacial score (nSPS) is 10.0. The van der Waals surface area contributed by atoms with E-state index in [1.54, 1.807) is 0 Å². The van der Waals surface area contributed by atoms with Crippen molar-refractivity contribution < 1.29 is 24.2 Å². The highest BCUT2D eigenvalue weighted by Crippen LogP contribution is 2.28. The molecule has 0 saturated heterocycles. The monoisotopic (exact) mass is 212 g/mol. The van der Waals surface area contributed by atoms with Crippen LogP contribution >= 0.6 is 0 Å². The van der Waals surface area contributed by atoms with Gasteiger partial charge in [-0.05, 0) is 13.8 Å². The van der Waals surface area contributed by atoms with Crippen molar-refractivity contribution >= 4 is 11.6 Å². The minimum Gasteiger partial charge on any atom is -0.506 e. The van der Waals surface area contributed by atoms with Gasteiger partial charge in [-0.2, -0.15) is 0 Å². The third-order valence-corrected chi connectivity index (χ3v) is 1.79. The Morgan fingerprint density at radius 2 is 1.53 bits per heavy atom. The van der Waals surface area contributed by atoms with E-state index in [1.807, 2.05) is 0 Å². The second kappa shape index (κ2) is 3.56. The molecule has 0 saturated carbocycles. The first kappa shape index (κ1) is 11.0. The maximum atomic E-state index is 11.1. The smallest absolute Gasteiger partial charge is 0.353 e. The molecule has 0 aliphatic heterocycles. The summed E-state index contributed by atoms with van der Waals surface area (Å²) in [6, 6.07) is 0. The quantitative estimate of drug-likeness (QED) is 0.690. The van der Waals surface area contributed by atoms with Crippen LogP contribution in [-0.2, 0) is 0 Å².